The molecule has 5 nitrogen and oxygen atoms in total. The van der Waals surface area contributed by atoms with Crippen molar-refractivity contribution in [2.75, 3.05) is 0 Å². The standard InChI is InChI=1S/C23H29F2N3O2/c1-13(2)28-19(29)23(27-21(28)26)18-11-15(14-3-4-14)5-6-16(18)12-22(23)9-7-17(8-10-22)30-20(24)25/h5-6,11,13-14,17,20H,3-4,7-10,12H2,1-2H3,(H2,26,27)/t17-,22-,23?. The number of guanidine groups is 1. The number of nitrogens with zero attached hydrogens (tertiary/aromatic N) is 2. The summed E-state index contributed by atoms with van der Waals surface area (Å²) in [6.07, 6.45) is 4.85. The number of halogens is 2. The van der Waals surface area contributed by atoms with Crippen LogP contribution in [0, 0.1) is 5.41 Å². The van der Waals surface area contributed by atoms with Gasteiger partial charge in [0.05, 0.1) is 6.10 Å². The molecule has 2 fully saturated rings. The summed E-state index contributed by atoms with van der Waals surface area (Å²) < 4.78 is 30.3. The molecule has 1 aliphatic heterocycles. The Morgan fingerprint density at radius 1 is 1.20 bits per heavy atom. The Labute approximate surface area is 175 Å². The lowest BCUT2D eigenvalue weighted by Gasteiger charge is -2.45. The summed E-state index contributed by atoms with van der Waals surface area (Å²) in [6, 6.07) is 6.42. The van der Waals surface area contributed by atoms with E-state index in [0.717, 1.165) is 17.5 Å². The molecule has 0 radical (unpaired) electrons. The SMILES string of the molecule is CC(C)N1C(=O)C2(N=C1N)c1cc(C3CC3)ccc1C[C@]21CC[C@@H](OC(F)F)CC1. The van der Waals surface area contributed by atoms with E-state index in [4.69, 9.17) is 15.5 Å². The maximum Gasteiger partial charge on any atom is 0.345 e. The van der Waals surface area contributed by atoms with Crippen LogP contribution in [-0.2, 0) is 21.5 Å². The number of hydrogen-bond donors (Lipinski definition) is 1. The molecule has 1 heterocycles. The highest BCUT2D eigenvalue weighted by Crippen LogP contribution is 2.62. The van der Waals surface area contributed by atoms with Crippen LogP contribution in [0.25, 0.3) is 0 Å². The molecule has 1 atom stereocenters. The van der Waals surface area contributed by atoms with Gasteiger partial charge in [-0.3, -0.25) is 9.69 Å². The zero-order chi connectivity index (χ0) is 21.3. The lowest BCUT2D eigenvalue weighted by atomic mass is 9.61. The van der Waals surface area contributed by atoms with E-state index in [1.54, 1.807) is 4.90 Å². The van der Waals surface area contributed by atoms with E-state index in [0.29, 0.717) is 31.6 Å². The van der Waals surface area contributed by atoms with Gasteiger partial charge in [0.15, 0.2) is 11.5 Å². The third kappa shape index (κ3) is 2.74. The predicted octanol–water partition coefficient (Wildman–Crippen LogP) is 4.05. The maximum absolute atomic E-state index is 14.0. The average molecular weight is 418 g/mol. The Morgan fingerprint density at radius 2 is 1.90 bits per heavy atom. The van der Waals surface area contributed by atoms with Crippen LogP contribution >= 0.6 is 0 Å². The highest BCUT2D eigenvalue weighted by Gasteiger charge is 2.67. The molecule has 5 rings (SSSR count). The number of hydrogen-bond acceptors (Lipinski definition) is 4. The molecule has 7 heteroatoms. The second-order valence-corrected chi connectivity index (χ2v) is 9.69. The fourth-order valence-corrected chi connectivity index (χ4v) is 6.07. The molecule has 1 unspecified atom stereocenters. The van der Waals surface area contributed by atoms with Gasteiger partial charge in [0.2, 0.25) is 0 Å². The number of carbonyl (C=O) groups excluding carboxylic acids is 1. The molecule has 0 bridgehead atoms. The number of rotatable bonds is 4. The Bertz CT molecular complexity index is 904. The van der Waals surface area contributed by atoms with Crippen molar-refractivity contribution in [3.8, 4) is 0 Å². The molecule has 1 amide bonds. The quantitative estimate of drug-likeness (QED) is 0.804. The van der Waals surface area contributed by atoms with Crippen LogP contribution in [0.15, 0.2) is 23.2 Å². The Balaban J connectivity index is 1.59. The van der Waals surface area contributed by atoms with E-state index in [2.05, 4.69) is 18.2 Å². The number of amides is 1. The Morgan fingerprint density at radius 3 is 2.47 bits per heavy atom. The van der Waals surface area contributed by atoms with Gasteiger partial charge in [0.1, 0.15) is 0 Å². The minimum atomic E-state index is -2.77. The predicted molar refractivity (Wildman–Crippen MR) is 109 cm³/mol. The number of benzene rings is 1. The van der Waals surface area contributed by atoms with Crippen LogP contribution in [0.4, 0.5) is 8.78 Å². The Kier molecular flexibility index (Phi) is 4.47. The van der Waals surface area contributed by atoms with Gasteiger partial charge in [-0.25, -0.2) is 4.99 Å². The summed E-state index contributed by atoms with van der Waals surface area (Å²) >= 11 is 0. The first-order valence-electron chi connectivity index (χ1n) is 11.0. The second kappa shape index (κ2) is 6.74. The summed E-state index contributed by atoms with van der Waals surface area (Å²) in [5, 5.41) is 0. The summed E-state index contributed by atoms with van der Waals surface area (Å²) in [5.41, 5.74) is 8.22. The van der Waals surface area contributed by atoms with Gasteiger partial charge in [-0.2, -0.15) is 8.78 Å². The number of nitrogens with two attached hydrogens (primary N) is 1. The number of alkyl halides is 2. The summed E-state index contributed by atoms with van der Waals surface area (Å²) in [4.78, 5) is 20.5. The number of carbonyl (C=O) groups is 1. The summed E-state index contributed by atoms with van der Waals surface area (Å²) in [6.45, 7) is 1.11. The second-order valence-electron chi connectivity index (χ2n) is 9.69. The van der Waals surface area contributed by atoms with E-state index in [1.165, 1.54) is 18.4 Å². The highest BCUT2D eigenvalue weighted by molar-refractivity contribution is 6.08. The summed E-state index contributed by atoms with van der Waals surface area (Å²) in [5.74, 6) is 0.776. The van der Waals surface area contributed by atoms with Gasteiger partial charge < -0.3 is 10.5 Å². The van der Waals surface area contributed by atoms with E-state index >= 15 is 0 Å². The molecule has 1 aromatic rings. The van der Waals surface area contributed by atoms with Gasteiger partial charge >= 0.3 is 6.61 Å². The number of ether oxygens (including phenoxy) is 1. The van der Waals surface area contributed by atoms with Crippen molar-refractivity contribution in [3.63, 3.8) is 0 Å². The Hall–Kier alpha value is -2.02. The van der Waals surface area contributed by atoms with Gasteiger partial charge in [0, 0.05) is 11.5 Å². The smallest absolute Gasteiger partial charge is 0.345 e. The largest absolute Gasteiger partial charge is 0.369 e. The third-order valence-corrected chi connectivity index (χ3v) is 7.63. The molecule has 4 aliphatic rings. The van der Waals surface area contributed by atoms with Crippen molar-refractivity contribution in [1.29, 1.82) is 0 Å². The number of aliphatic imine (C=N–C) groups is 1. The van der Waals surface area contributed by atoms with Crippen molar-refractivity contribution in [3.05, 3.63) is 34.9 Å². The monoisotopic (exact) mass is 417 g/mol. The molecule has 2 saturated carbocycles. The molecule has 162 valence electrons. The topological polar surface area (TPSA) is 67.9 Å². The van der Waals surface area contributed by atoms with Crippen molar-refractivity contribution in [2.45, 2.75) is 89.0 Å². The highest BCUT2D eigenvalue weighted by atomic mass is 19.3. The van der Waals surface area contributed by atoms with Crippen LogP contribution in [-0.4, -0.2) is 35.5 Å². The first kappa shape index (κ1) is 19.9. The van der Waals surface area contributed by atoms with Crippen molar-refractivity contribution >= 4 is 11.9 Å². The van der Waals surface area contributed by atoms with E-state index < -0.39 is 23.7 Å². The molecule has 0 saturated heterocycles. The molecule has 0 aromatic heterocycles. The average Bonchev–Trinajstić information content (AvgIpc) is 3.44. The van der Waals surface area contributed by atoms with Crippen molar-refractivity contribution < 1.29 is 18.3 Å². The van der Waals surface area contributed by atoms with Crippen LogP contribution in [0.5, 0.6) is 0 Å². The zero-order valence-electron chi connectivity index (χ0n) is 17.5. The minimum absolute atomic E-state index is 0.0603. The fraction of sp³-hybridized carbons (Fsp3) is 0.652. The van der Waals surface area contributed by atoms with Gasteiger partial charge in [-0.05, 0) is 81.4 Å². The van der Waals surface area contributed by atoms with Crippen LogP contribution in [0.1, 0.15) is 75.0 Å². The molecule has 30 heavy (non-hydrogen) atoms. The van der Waals surface area contributed by atoms with Crippen molar-refractivity contribution in [2.24, 2.45) is 16.1 Å². The lowest BCUT2D eigenvalue weighted by Crippen LogP contribution is -2.53. The summed E-state index contributed by atoms with van der Waals surface area (Å²) in [7, 11) is 0. The lowest BCUT2D eigenvalue weighted by molar-refractivity contribution is -0.179. The molecule has 3 aliphatic carbocycles. The normalized spacial score (nSPS) is 33.3. The van der Waals surface area contributed by atoms with E-state index in [-0.39, 0.29) is 17.9 Å². The molecule has 2 spiro atoms. The van der Waals surface area contributed by atoms with Crippen LogP contribution < -0.4 is 5.73 Å². The third-order valence-electron chi connectivity index (χ3n) is 7.63. The van der Waals surface area contributed by atoms with Crippen molar-refractivity contribution in [1.82, 2.24) is 4.90 Å². The first-order valence-corrected chi connectivity index (χ1v) is 11.0. The number of fused-ring (bicyclic) bond motifs is 3. The van der Waals surface area contributed by atoms with Gasteiger partial charge in [-0.1, -0.05) is 18.2 Å². The zero-order valence-corrected chi connectivity index (χ0v) is 17.5. The maximum atomic E-state index is 14.0. The van der Waals surface area contributed by atoms with E-state index in [1.807, 2.05) is 13.8 Å². The fourth-order valence-electron chi connectivity index (χ4n) is 6.07. The molecular formula is C23H29F2N3O2. The molecule has 2 N–H and O–H groups in total. The van der Waals surface area contributed by atoms with Gasteiger partial charge in [0.25, 0.3) is 5.91 Å². The molecular weight excluding hydrogens is 388 g/mol. The minimum Gasteiger partial charge on any atom is -0.369 e. The first-order chi connectivity index (χ1) is 14.3. The van der Waals surface area contributed by atoms with E-state index in [9.17, 15) is 13.6 Å². The van der Waals surface area contributed by atoms with Crippen LogP contribution in [0.3, 0.4) is 0 Å². The van der Waals surface area contributed by atoms with Crippen LogP contribution in [0.2, 0.25) is 0 Å². The molecule has 1 aromatic carbocycles. The van der Waals surface area contributed by atoms with Gasteiger partial charge in [-0.15, -0.1) is 0 Å².